The van der Waals surface area contributed by atoms with Gasteiger partial charge in [0.05, 0.1) is 13.1 Å². The maximum absolute atomic E-state index is 12.1. The topological polar surface area (TPSA) is 89.1 Å². The number of carbonyl (C=O) groups is 1. The van der Waals surface area contributed by atoms with Gasteiger partial charge in [-0.15, -0.1) is 10.2 Å². The molecule has 3 rings (SSSR count). The minimum absolute atomic E-state index is 0.0246. The first-order valence-corrected chi connectivity index (χ1v) is 6.92. The number of rotatable bonds is 4. The number of nitrogens with one attached hydrogen (secondary N) is 1. The molecular weight excluding hydrogens is 268 g/mol. The molecule has 1 aromatic heterocycles. The zero-order valence-electron chi connectivity index (χ0n) is 11.7. The number of aromatic nitrogens is 3. The van der Waals surface area contributed by atoms with Crippen LogP contribution in [0.4, 0.5) is 5.69 Å². The van der Waals surface area contributed by atoms with Crippen LogP contribution in [0.25, 0.3) is 0 Å². The molecule has 0 radical (unpaired) electrons. The number of amides is 1. The number of benzene rings is 1. The summed E-state index contributed by atoms with van der Waals surface area (Å²) in [5.41, 5.74) is 7.38. The molecule has 1 amide bonds. The molecule has 3 N–H and O–H groups in total. The van der Waals surface area contributed by atoms with Crippen molar-refractivity contribution in [3.63, 3.8) is 0 Å². The van der Waals surface area contributed by atoms with Gasteiger partial charge >= 0.3 is 0 Å². The Kier molecular flexibility index (Phi) is 3.94. The van der Waals surface area contributed by atoms with Crippen molar-refractivity contribution in [2.45, 2.75) is 19.6 Å². The maximum atomic E-state index is 12.1. The monoisotopic (exact) mass is 286 g/mol. The van der Waals surface area contributed by atoms with Gasteiger partial charge in [0.15, 0.2) is 0 Å². The highest BCUT2D eigenvalue weighted by atomic mass is 16.2. The summed E-state index contributed by atoms with van der Waals surface area (Å²) in [6.07, 6.45) is 1.73. The van der Waals surface area contributed by atoms with E-state index in [4.69, 9.17) is 5.73 Å². The van der Waals surface area contributed by atoms with E-state index in [9.17, 15) is 4.79 Å². The van der Waals surface area contributed by atoms with Crippen LogP contribution in [0, 0.1) is 0 Å². The maximum Gasteiger partial charge on any atom is 0.238 e. The van der Waals surface area contributed by atoms with E-state index in [0.717, 1.165) is 30.2 Å². The van der Waals surface area contributed by atoms with Crippen molar-refractivity contribution in [2.75, 3.05) is 18.4 Å². The molecule has 0 unspecified atom stereocenters. The van der Waals surface area contributed by atoms with Crippen molar-refractivity contribution in [3.05, 3.63) is 42.0 Å². The lowest BCUT2D eigenvalue weighted by Gasteiger charge is -2.26. The average Bonchev–Trinajstić information content (AvgIpc) is 2.95. The number of anilines is 1. The van der Waals surface area contributed by atoms with Crippen LogP contribution in [-0.2, 0) is 24.4 Å². The van der Waals surface area contributed by atoms with E-state index in [0.29, 0.717) is 19.6 Å². The number of nitrogens with zero attached hydrogens (tertiary/aromatic N) is 4. The van der Waals surface area contributed by atoms with E-state index < -0.39 is 0 Å². The molecule has 1 aromatic carbocycles. The summed E-state index contributed by atoms with van der Waals surface area (Å²) in [6.45, 7) is 3.15. The molecule has 0 saturated carbocycles. The largest absolute Gasteiger partial charge is 0.326 e. The Hall–Kier alpha value is -2.25. The minimum Gasteiger partial charge on any atom is -0.326 e. The van der Waals surface area contributed by atoms with E-state index in [2.05, 4.69) is 20.4 Å². The van der Waals surface area contributed by atoms with Gasteiger partial charge in [-0.1, -0.05) is 12.1 Å². The SMILES string of the molecule is NCc1ccc(NC(=O)CN2CCn3cnnc3C2)cc1. The van der Waals surface area contributed by atoms with Gasteiger partial charge in [-0.3, -0.25) is 9.69 Å². The average molecular weight is 286 g/mol. The highest BCUT2D eigenvalue weighted by Gasteiger charge is 2.19. The van der Waals surface area contributed by atoms with Crippen molar-refractivity contribution < 1.29 is 4.79 Å². The Labute approximate surface area is 122 Å². The first-order chi connectivity index (χ1) is 10.2. The molecule has 1 aliphatic heterocycles. The summed E-state index contributed by atoms with van der Waals surface area (Å²) in [5.74, 6) is 0.879. The van der Waals surface area contributed by atoms with E-state index in [1.165, 1.54) is 0 Å². The highest BCUT2D eigenvalue weighted by Crippen LogP contribution is 2.11. The van der Waals surface area contributed by atoms with Gasteiger partial charge in [-0.05, 0) is 17.7 Å². The normalized spacial score (nSPS) is 14.7. The Morgan fingerprint density at radius 3 is 2.86 bits per heavy atom. The number of hydrogen-bond donors (Lipinski definition) is 2. The zero-order chi connectivity index (χ0) is 14.7. The predicted molar refractivity (Wildman–Crippen MR) is 78.3 cm³/mol. The molecule has 0 aliphatic carbocycles. The third-order valence-corrected chi connectivity index (χ3v) is 3.56. The molecule has 0 atom stereocenters. The summed E-state index contributed by atoms with van der Waals surface area (Å²) in [4.78, 5) is 14.1. The molecule has 0 bridgehead atoms. The lowest BCUT2D eigenvalue weighted by Crippen LogP contribution is -2.39. The molecule has 2 aromatic rings. The number of hydrogen-bond acceptors (Lipinski definition) is 5. The molecule has 0 spiro atoms. The van der Waals surface area contributed by atoms with Gasteiger partial charge in [-0.2, -0.15) is 0 Å². The molecule has 2 heterocycles. The van der Waals surface area contributed by atoms with Gasteiger partial charge in [0.25, 0.3) is 0 Å². The summed E-state index contributed by atoms with van der Waals surface area (Å²) in [6, 6.07) is 7.57. The van der Waals surface area contributed by atoms with E-state index in [1.807, 2.05) is 28.8 Å². The number of nitrogens with two attached hydrogens (primary N) is 1. The highest BCUT2D eigenvalue weighted by molar-refractivity contribution is 5.92. The van der Waals surface area contributed by atoms with Crippen LogP contribution in [0.2, 0.25) is 0 Å². The van der Waals surface area contributed by atoms with Gasteiger partial charge in [-0.25, -0.2) is 0 Å². The van der Waals surface area contributed by atoms with Crippen LogP contribution in [-0.4, -0.2) is 38.7 Å². The molecule has 0 saturated heterocycles. The minimum atomic E-state index is -0.0246. The van der Waals surface area contributed by atoms with E-state index in [1.54, 1.807) is 6.33 Å². The van der Waals surface area contributed by atoms with Crippen LogP contribution >= 0.6 is 0 Å². The Bertz CT molecular complexity index is 621. The lowest BCUT2D eigenvalue weighted by molar-refractivity contribution is -0.117. The summed E-state index contributed by atoms with van der Waals surface area (Å²) in [5, 5.41) is 10.8. The molecule has 7 nitrogen and oxygen atoms in total. The Balaban J connectivity index is 1.54. The molecule has 0 fully saturated rings. The zero-order valence-corrected chi connectivity index (χ0v) is 11.7. The van der Waals surface area contributed by atoms with Crippen LogP contribution in [0.5, 0.6) is 0 Å². The van der Waals surface area contributed by atoms with Crippen LogP contribution in [0.3, 0.4) is 0 Å². The fourth-order valence-electron chi connectivity index (χ4n) is 2.38. The summed E-state index contributed by atoms with van der Waals surface area (Å²) >= 11 is 0. The van der Waals surface area contributed by atoms with Gasteiger partial charge in [0.1, 0.15) is 12.2 Å². The molecule has 7 heteroatoms. The Morgan fingerprint density at radius 1 is 1.29 bits per heavy atom. The van der Waals surface area contributed by atoms with Crippen molar-refractivity contribution in [3.8, 4) is 0 Å². The molecular formula is C14H18N6O. The predicted octanol–water partition coefficient (Wildman–Crippen LogP) is 0.191. The quantitative estimate of drug-likeness (QED) is 0.837. The van der Waals surface area contributed by atoms with Gasteiger partial charge in [0.2, 0.25) is 5.91 Å². The van der Waals surface area contributed by atoms with Gasteiger partial charge < -0.3 is 15.6 Å². The van der Waals surface area contributed by atoms with Gasteiger partial charge in [0, 0.05) is 25.3 Å². The second kappa shape index (κ2) is 6.02. The fourth-order valence-corrected chi connectivity index (χ4v) is 2.38. The van der Waals surface area contributed by atoms with Crippen molar-refractivity contribution in [1.29, 1.82) is 0 Å². The number of fused-ring (bicyclic) bond motifs is 1. The Morgan fingerprint density at radius 2 is 2.10 bits per heavy atom. The second-order valence-corrected chi connectivity index (χ2v) is 5.10. The molecule has 110 valence electrons. The first-order valence-electron chi connectivity index (χ1n) is 6.92. The van der Waals surface area contributed by atoms with E-state index in [-0.39, 0.29) is 5.91 Å². The number of carbonyl (C=O) groups excluding carboxylic acids is 1. The smallest absolute Gasteiger partial charge is 0.238 e. The fraction of sp³-hybridized carbons (Fsp3) is 0.357. The van der Waals surface area contributed by atoms with Crippen molar-refractivity contribution in [2.24, 2.45) is 5.73 Å². The molecule has 21 heavy (non-hydrogen) atoms. The van der Waals surface area contributed by atoms with Crippen LogP contribution in [0.15, 0.2) is 30.6 Å². The standard InChI is InChI=1S/C14H18N6O/c15-7-11-1-3-12(4-2-11)17-14(21)9-19-5-6-20-10-16-18-13(20)8-19/h1-4,10H,5-9,15H2,(H,17,21). The lowest BCUT2D eigenvalue weighted by atomic mass is 10.2. The van der Waals surface area contributed by atoms with Crippen LogP contribution in [0.1, 0.15) is 11.4 Å². The molecule has 1 aliphatic rings. The first kappa shape index (κ1) is 13.7. The third-order valence-electron chi connectivity index (χ3n) is 3.56. The summed E-state index contributed by atoms with van der Waals surface area (Å²) < 4.78 is 2.01. The second-order valence-electron chi connectivity index (χ2n) is 5.10. The van der Waals surface area contributed by atoms with Crippen molar-refractivity contribution in [1.82, 2.24) is 19.7 Å². The third kappa shape index (κ3) is 3.26. The summed E-state index contributed by atoms with van der Waals surface area (Å²) in [7, 11) is 0. The van der Waals surface area contributed by atoms with Crippen molar-refractivity contribution >= 4 is 11.6 Å². The van der Waals surface area contributed by atoms with E-state index >= 15 is 0 Å². The van der Waals surface area contributed by atoms with Crippen LogP contribution < -0.4 is 11.1 Å².